The van der Waals surface area contributed by atoms with Crippen molar-refractivity contribution in [1.82, 2.24) is 5.32 Å². The molecule has 0 aliphatic rings. The predicted octanol–water partition coefficient (Wildman–Crippen LogP) is 4.09. The van der Waals surface area contributed by atoms with E-state index in [1.54, 1.807) is 0 Å². The monoisotopic (exact) mass is 239 g/mol. The molecular weight excluding hydrogens is 214 g/mol. The summed E-state index contributed by atoms with van der Waals surface area (Å²) in [5.41, 5.74) is 0. The Labute approximate surface area is 104 Å². The molecule has 1 aromatic rings. The molecule has 0 aliphatic heterocycles. The lowest BCUT2D eigenvalue weighted by Gasteiger charge is -2.26. The zero-order chi connectivity index (χ0) is 12.0. The molecule has 1 nitrogen and oxygen atoms in total. The third kappa shape index (κ3) is 4.26. The van der Waals surface area contributed by atoms with Gasteiger partial charge in [0.15, 0.2) is 0 Å². The molecule has 0 amide bonds. The first-order valence-electron chi connectivity index (χ1n) is 6.45. The van der Waals surface area contributed by atoms with Crippen molar-refractivity contribution < 1.29 is 0 Å². The van der Waals surface area contributed by atoms with Crippen LogP contribution in [0.25, 0.3) is 0 Å². The van der Waals surface area contributed by atoms with Crippen molar-refractivity contribution in [3.63, 3.8) is 0 Å². The lowest BCUT2D eigenvalue weighted by molar-refractivity contribution is 0.341. The Morgan fingerprint density at radius 3 is 2.50 bits per heavy atom. The Morgan fingerprint density at radius 1 is 1.25 bits per heavy atom. The highest BCUT2D eigenvalue weighted by molar-refractivity contribution is 7.09. The Bertz CT molecular complexity index is 268. The summed E-state index contributed by atoms with van der Waals surface area (Å²) in [5.74, 6) is 0.761. The summed E-state index contributed by atoms with van der Waals surface area (Å²) in [6, 6.07) is 5.63. The van der Waals surface area contributed by atoms with E-state index in [1.165, 1.54) is 24.1 Å². The van der Waals surface area contributed by atoms with E-state index in [-0.39, 0.29) is 0 Å². The lowest BCUT2D eigenvalue weighted by atomic mass is 9.99. The van der Waals surface area contributed by atoms with Crippen molar-refractivity contribution in [1.29, 1.82) is 0 Å². The third-order valence-corrected chi connectivity index (χ3v) is 4.42. The molecule has 0 aliphatic carbocycles. The van der Waals surface area contributed by atoms with E-state index in [2.05, 4.69) is 50.5 Å². The van der Waals surface area contributed by atoms with E-state index in [1.807, 2.05) is 11.3 Å². The average Bonchev–Trinajstić information content (AvgIpc) is 2.79. The number of hydrogen-bond acceptors (Lipinski definition) is 2. The first kappa shape index (κ1) is 13.7. The minimum Gasteiger partial charge on any atom is -0.311 e. The molecule has 0 saturated carbocycles. The minimum atomic E-state index is 0.620. The summed E-state index contributed by atoms with van der Waals surface area (Å²) >= 11 is 1.87. The first-order valence-corrected chi connectivity index (χ1v) is 7.33. The van der Waals surface area contributed by atoms with E-state index in [4.69, 9.17) is 0 Å². The molecule has 3 atom stereocenters. The van der Waals surface area contributed by atoms with Gasteiger partial charge in [0, 0.05) is 17.0 Å². The van der Waals surface area contributed by atoms with Crippen LogP contribution in [0.1, 0.15) is 45.4 Å². The molecule has 0 bridgehead atoms. The van der Waals surface area contributed by atoms with Crippen molar-refractivity contribution in [2.24, 2.45) is 5.92 Å². The summed E-state index contributed by atoms with van der Waals surface area (Å²) in [6.45, 7) is 9.18. The van der Waals surface area contributed by atoms with Crippen LogP contribution in [0.2, 0.25) is 0 Å². The molecule has 1 rings (SSSR count). The molecule has 0 saturated heterocycles. The molecule has 2 heteroatoms. The molecule has 3 unspecified atom stereocenters. The van der Waals surface area contributed by atoms with Gasteiger partial charge in [-0.3, -0.25) is 0 Å². The molecule has 16 heavy (non-hydrogen) atoms. The van der Waals surface area contributed by atoms with Gasteiger partial charge in [-0.05, 0) is 37.1 Å². The second-order valence-electron chi connectivity index (χ2n) is 4.73. The van der Waals surface area contributed by atoms with Crippen molar-refractivity contribution in [2.45, 2.75) is 59.0 Å². The van der Waals surface area contributed by atoms with Gasteiger partial charge >= 0.3 is 0 Å². The van der Waals surface area contributed by atoms with Crippen molar-refractivity contribution in [3.05, 3.63) is 22.4 Å². The fourth-order valence-corrected chi connectivity index (χ4v) is 2.67. The molecule has 92 valence electrons. The Morgan fingerprint density at radius 2 is 2.00 bits per heavy atom. The van der Waals surface area contributed by atoms with Crippen LogP contribution in [0.4, 0.5) is 0 Å². The van der Waals surface area contributed by atoms with E-state index >= 15 is 0 Å². The zero-order valence-electron chi connectivity index (χ0n) is 11.0. The molecule has 1 N–H and O–H groups in total. The van der Waals surface area contributed by atoms with E-state index in [9.17, 15) is 0 Å². The van der Waals surface area contributed by atoms with Gasteiger partial charge in [-0.2, -0.15) is 0 Å². The van der Waals surface area contributed by atoms with Crippen LogP contribution in [0.5, 0.6) is 0 Å². The van der Waals surface area contributed by atoms with Gasteiger partial charge < -0.3 is 5.32 Å². The second-order valence-corrected chi connectivity index (χ2v) is 5.76. The largest absolute Gasteiger partial charge is 0.311 e. The van der Waals surface area contributed by atoms with E-state index < -0.39 is 0 Å². The van der Waals surface area contributed by atoms with Gasteiger partial charge in [-0.25, -0.2) is 0 Å². The van der Waals surface area contributed by atoms with Crippen LogP contribution in [0.3, 0.4) is 0 Å². The highest BCUT2D eigenvalue weighted by atomic mass is 32.1. The fraction of sp³-hybridized carbons (Fsp3) is 0.714. The number of hydrogen-bond donors (Lipinski definition) is 1. The summed E-state index contributed by atoms with van der Waals surface area (Å²) in [6.07, 6.45) is 3.64. The second kappa shape index (κ2) is 7.08. The number of nitrogens with one attached hydrogen (secondary N) is 1. The smallest absolute Gasteiger partial charge is 0.0115 e. The predicted molar refractivity (Wildman–Crippen MR) is 74.2 cm³/mol. The number of thiophene rings is 1. The van der Waals surface area contributed by atoms with Crippen LogP contribution in [0, 0.1) is 5.92 Å². The summed E-state index contributed by atoms with van der Waals surface area (Å²) < 4.78 is 0. The molecule has 0 spiro atoms. The van der Waals surface area contributed by atoms with Crippen LogP contribution >= 0.6 is 11.3 Å². The average molecular weight is 239 g/mol. The SMILES string of the molecule is CCC(Cc1cccs1)NC(C)C(C)CC. The molecule has 0 aromatic carbocycles. The fourth-order valence-electron chi connectivity index (χ4n) is 1.88. The van der Waals surface area contributed by atoms with Gasteiger partial charge in [0.1, 0.15) is 0 Å². The van der Waals surface area contributed by atoms with Crippen molar-refractivity contribution in [2.75, 3.05) is 0 Å². The molecule has 0 radical (unpaired) electrons. The zero-order valence-corrected chi connectivity index (χ0v) is 11.8. The van der Waals surface area contributed by atoms with Crippen LogP contribution in [-0.2, 0) is 6.42 Å². The van der Waals surface area contributed by atoms with Gasteiger partial charge in [0.25, 0.3) is 0 Å². The quantitative estimate of drug-likeness (QED) is 0.755. The standard InChI is InChI=1S/C14H25NS/c1-5-11(3)12(4)15-13(6-2)10-14-8-7-9-16-14/h7-9,11-13,15H,5-6,10H2,1-4H3. The topological polar surface area (TPSA) is 12.0 Å². The lowest BCUT2D eigenvalue weighted by Crippen LogP contribution is -2.40. The first-order chi connectivity index (χ1) is 7.67. The van der Waals surface area contributed by atoms with Crippen LogP contribution in [-0.4, -0.2) is 12.1 Å². The maximum atomic E-state index is 3.76. The molecule has 1 heterocycles. The summed E-state index contributed by atoms with van der Waals surface area (Å²) in [4.78, 5) is 1.50. The van der Waals surface area contributed by atoms with Gasteiger partial charge in [-0.1, -0.05) is 33.3 Å². The maximum absolute atomic E-state index is 3.76. The molecule has 1 aromatic heterocycles. The number of rotatable bonds is 7. The minimum absolute atomic E-state index is 0.620. The molecule has 0 fully saturated rings. The molecular formula is C14H25NS. The van der Waals surface area contributed by atoms with Gasteiger partial charge in [0.2, 0.25) is 0 Å². The van der Waals surface area contributed by atoms with E-state index in [0.717, 1.165) is 5.92 Å². The van der Waals surface area contributed by atoms with Crippen LogP contribution < -0.4 is 5.32 Å². The summed E-state index contributed by atoms with van der Waals surface area (Å²) in [5, 5.41) is 5.93. The normalized spacial score (nSPS) is 17.0. The van der Waals surface area contributed by atoms with Gasteiger partial charge in [-0.15, -0.1) is 11.3 Å². The van der Waals surface area contributed by atoms with Crippen molar-refractivity contribution in [3.8, 4) is 0 Å². The van der Waals surface area contributed by atoms with Crippen LogP contribution in [0.15, 0.2) is 17.5 Å². The Kier molecular flexibility index (Phi) is 6.07. The van der Waals surface area contributed by atoms with E-state index in [0.29, 0.717) is 12.1 Å². The Balaban J connectivity index is 2.42. The van der Waals surface area contributed by atoms with Gasteiger partial charge in [0.05, 0.1) is 0 Å². The summed E-state index contributed by atoms with van der Waals surface area (Å²) in [7, 11) is 0. The maximum Gasteiger partial charge on any atom is 0.0115 e. The van der Waals surface area contributed by atoms with Crippen molar-refractivity contribution >= 4 is 11.3 Å². The third-order valence-electron chi connectivity index (χ3n) is 3.52. The highest BCUT2D eigenvalue weighted by Crippen LogP contribution is 2.14. The Hall–Kier alpha value is -0.340. The highest BCUT2D eigenvalue weighted by Gasteiger charge is 2.15.